The maximum absolute atomic E-state index is 13.0. The van der Waals surface area contributed by atoms with Gasteiger partial charge < -0.3 is 10.2 Å². The molecule has 2 amide bonds. The minimum absolute atomic E-state index is 0.136. The minimum Gasteiger partial charge on any atom is -0.324 e. The van der Waals surface area contributed by atoms with Crippen molar-refractivity contribution in [2.45, 2.75) is 18.3 Å². The van der Waals surface area contributed by atoms with Gasteiger partial charge in [0.15, 0.2) is 0 Å². The van der Waals surface area contributed by atoms with Crippen molar-refractivity contribution in [3.63, 3.8) is 0 Å². The molecule has 2 aliphatic rings. The number of hydrogen-bond donors (Lipinski definition) is 1. The Labute approximate surface area is 194 Å². The topological polar surface area (TPSA) is 82.6 Å². The molecule has 0 radical (unpaired) electrons. The lowest BCUT2D eigenvalue weighted by Gasteiger charge is -2.39. The summed E-state index contributed by atoms with van der Waals surface area (Å²) in [5, 5.41) is 3.02. The number of fused-ring (bicyclic) bond motifs is 2. The van der Waals surface area contributed by atoms with Crippen molar-refractivity contribution in [3.8, 4) is 11.1 Å². The highest BCUT2D eigenvalue weighted by atomic mass is 32.2. The number of hydrogen-bond acceptors (Lipinski definition) is 4. The van der Waals surface area contributed by atoms with Crippen LogP contribution in [-0.4, -0.2) is 50.2 Å². The first-order chi connectivity index (χ1) is 15.9. The summed E-state index contributed by atoms with van der Waals surface area (Å²) in [5.74, 6) is 0. The third kappa shape index (κ3) is 4.06. The van der Waals surface area contributed by atoms with E-state index < -0.39 is 10.0 Å². The van der Waals surface area contributed by atoms with Crippen LogP contribution in [-0.2, 0) is 15.4 Å². The molecule has 1 spiro atoms. The predicted molar refractivity (Wildman–Crippen MR) is 130 cm³/mol. The lowest BCUT2D eigenvalue weighted by atomic mass is 9.74. The molecule has 1 aromatic heterocycles. The van der Waals surface area contributed by atoms with Crippen molar-refractivity contribution in [3.05, 3.63) is 78.6 Å². The zero-order chi connectivity index (χ0) is 23.1. The van der Waals surface area contributed by atoms with Gasteiger partial charge in [0.05, 0.1) is 11.9 Å². The quantitative estimate of drug-likeness (QED) is 0.636. The van der Waals surface area contributed by atoms with E-state index in [4.69, 9.17) is 0 Å². The van der Waals surface area contributed by atoms with E-state index in [1.165, 1.54) is 10.6 Å². The molecular formula is C25H26N4O3S. The number of benzene rings is 2. The lowest BCUT2D eigenvalue weighted by Crippen LogP contribution is -2.48. The van der Waals surface area contributed by atoms with Crippen LogP contribution < -0.4 is 9.62 Å². The van der Waals surface area contributed by atoms with Gasteiger partial charge in [-0.1, -0.05) is 30.3 Å². The molecule has 3 heterocycles. The maximum Gasteiger partial charge on any atom is 0.321 e. The molecule has 0 bridgehead atoms. The van der Waals surface area contributed by atoms with Crippen LogP contribution in [0.2, 0.25) is 0 Å². The number of urea groups is 1. The van der Waals surface area contributed by atoms with Gasteiger partial charge in [-0.2, -0.15) is 0 Å². The normalized spacial score (nSPS) is 17.1. The van der Waals surface area contributed by atoms with Crippen LogP contribution in [0.4, 0.5) is 16.2 Å². The van der Waals surface area contributed by atoms with Crippen LogP contribution in [0.3, 0.4) is 0 Å². The molecule has 1 N–H and O–H groups in total. The van der Waals surface area contributed by atoms with E-state index >= 15 is 0 Å². The number of sulfonamides is 1. The Kier molecular flexibility index (Phi) is 5.32. The maximum atomic E-state index is 13.0. The molecule has 5 rings (SSSR count). The van der Waals surface area contributed by atoms with Gasteiger partial charge in [-0.3, -0.25) is 9.29 Å². The molecule has 0 aliphatic carbocycles. The van der Waals surface area contributed by atoms with Crippen molar-refractivity contribution in [1.29, 1.82) is 0 Å². The van der Waals surface area contributed by atoms with Gasteiger partial charge in [-0.05, 0) is 59.9 Å². The molecule has 0 saturated carbocycles. The van der Waals surface area contributed by atoms with Gasteiger partial charge in [0, 0.05) is 43.1 Å². The van der Waals surface area contributed by atoms with Crippen LogP contribution >= 0.6 is 0 Å². The molecule has 0 unspecified atom stereocenters. The summed E-state index contributed by atoms with van der Waals surface area (Å²) in [5.41, 5.74) is 4.38. The van der Waals surface area contributed by atoms with E-state index in [0.717, 1.165) is 40.9 Å². The molecule has 170 valence electrons. The predicted octanol–water partition coefficient (Wildman–Crippen LogP) is 4.09. The summed E-state index contributed by atoms with van der Waals surface area (Å²) in [6.07, 6.45) is 6.19. The van der Waals surface area contributed by atoms with Crippen molar-refractivity contribution in [2.24, 2.45) is 0 Å². The standard InChI is InChI=1S/C25H26N4O3S/c1-33(31,32)29-18-25(22-7-2-3-8-23(22)29)11-15-28(16-12-25)24(30)27-21-6-4-5-20(17-21)19-9-13-26-14-10-19/h2-10,13-14,17H,11-12,15-16,18H2,1H3,(H,27,30). The monoisotopic (exact) mass is 462 g/mol. The molecule has 2 aromatic carbocycles. The van der Waals surface area contributed by atoms with E-state index in [2.05, 4.69) is 10.3 Å². The fourth-order valence-electron chi connectivity index (χ4n) is 4.97. The highest BCUT2D eigenvalue weighted by Gasteiger charge is 2.47. The summed E-state index contributed by atoms with van der Waals surface area (Å²) in [4.78, 5) is 18.9. The summed E-state index contributed by atoms with van der Waals surface area (Å²) in [7, 11) is -3.35. The van der Waals surface area contributed by atoms with Crippen molar-refractivity contribution in [1.82, 2.24) is 9.88 Å². The average Bonchev–Trinajstić information content (AvgIpc) is 3.15. The third-order valence-electron chi connectivity index (χ3n) is 6.73. The summed E-state index contributed by atoms with van der Waals surface area (Å²) < 4.78 is 26.3. The van der Waals surface area contributed by atoms with Gasteiger partial charge in [0.25, 0.3) is 0 Å². The number of aromatic nitrogens is 1. The summed E-state index contributed by atoms with van der Waals surface area (Å²) in [6.45, 7) is 1.58. The smallest absolute Gasteiger partial charge is 0.321 e. The number of nitrogens with one attached hydrogen (secondary N) is 1. The average molecular weight is 463 g/mol. The van der Waals surface area contributed by atoms with Crippen molar-refractivity contribution < 1.29 is 13.2 Å². The zero-order valence-corrected chi connectivity index (χ0v) is 19.3. The second-order valence-corrected chi connectivity index (χ2v) is 10.7. The van der Waals surface area contributed by atoms with Crippen LogP contribution in [0.5, 0.6) is 0 Å². The van der Waals surface area contributed by atoms with E-state index in [1.54, 1.807) is 12.4 Å². The minimum atomic E-state index is -3.35. The fourth-order valence-corrected chi connectivity index (χ4v) is 5.97. The van der Waals surface area contributed by atoms with Gasteiger partial charge in [-0.25, -0.2) is 13.2 Å². The molecule has 8 heteroatoms. The SMILES string of the molecule is CS(=O)(=O)N1CC2(CCN(C(=O)Nc3cccc(-c4ccncc4)c3)CC2)c2ccccc21. The van der Waals surface area contributed by atoms with E-state index in [1.807, 2.05) is 65.6 Å². The first-order valence-corrected chi connectivity index (χ1v) is 12.8. The summed E-state index contributed by atoms with van der Waals surface area (Å²) >= 11 is 0. The number of amides is 2. The van der Waals surface area contributed by atoms with Gasteiger partial charge in [0.2, 0.25) is 10.0 Å². The van der Waals surface area contributed by atoms with E-state index in [9.17, 15) is 13.2 Å². The Morgan fingerprint density at radius 1 is 0.970 bits per heavy atom. The van der Waals surface area contributed by atoms with Crippen LogP contribution in [0, 0.1) is 0 Å². The lowest BCUT2D eigenvalue weighted by molar-refractivity contribution is 0.173. The van der Waals surface area contributed by atoms with Gasteiger partial charge >= 0.3 is 6.03 Å². The fraction of sp³-hybridized carbons (Fsp3) is 0.280. The molecular weight excluding hydrogens is 436 g/mol. The number of pyridine rings is 1. The van der Waals surface area contributed by atoms with E-state index in [0.29, 0.717) is 19.6 Å². The Hall–Kier alpha value is -3.39. The zero-order valence-electron chi connectivity index (χ0n) is 18.4. The second kappa shape index (κ2) is 8.19. The first-order valence-electron chi connectivity index (χ1n) is 11.0. The number of anilines is 2. The first kappa shape index (κ1) is 21.5. The largest absolute Gasteiger partial charge is 0.324 e. The van der Waals surface area contributed by atoms with Crippen molar-refractivity contribution in [2.75, 3.05) is 35.5 Å². The number of piperidine rings is 1. The molecule has 1 saturated heterocycles. The highest BCUT2D eigenvalue weighted by Crippen LogP contribution is 2.47. The van der Waals surface area contributed by atoms with Gasteiger partial charge in [-0.15, -0.1) is 0 Å². The second-order valence-electron chi connectivity index (χ2n) is 8.80. The van der Waals surface area contributed by atoms with Crippen molar-refractivity contribution >= 4 is 27.4 Å². The van der Waals surface area contributed by atoms with Crippen LogP contribution in [0.1, 0.15) is 18.4 Å². The third-order valence-corrected chi connectivity index (χ3v) is 7.85. The molecule has 0 atom stereocenters. The number of para-hydroxylation sites is 1. The Morgan fingerprint density at radius 2 is 1.70 bits per heavy atom. The summed E-state index contributed by atoms with van der Waals surface area (Å²) in [6, 6.07) is 19.2. The molecule has 1 fully saturated rings. The number of likely N-dealkylation sites (tertiary alicyclic amines) is 1. The Bertz CT molecular complexity index is 1290. The van der Waals surface area contributed by atoms with E-state index in [-0.39, 0.29) is 11.4 Å². The highest BCUT2D eigenvalue weighted by molar-refractivity contribution is 7.92. The molecule has 3 aromatic rings. The van der Waals surface area contributed by atoms with Gasteiger partial charge in [0.1, 0.15) is 0 Å². The Morgan fingerprint density at radius 3 is 2.42 bits per heavy atom. The molecule has 7 nitrogen and oxygen atoms in total. The van der Waals surface area contributed by atoms with Crippen LogP contribution in [0.15, 0.2) is 73.1 Å². The number of rotatable bonds is 3. The number of nitrogens with zero attached hydrogens (tertiary/aromatic N) is 3. The number of carbonyl (C=O) groups is 1. The molecule has 2 aliphatic heterocycles. The molecule has 33 heavy (non-hydrogen) atoms. The Balaban J connectivity index is 1.29. The number of carbonyl (C=O) groups excluding carboxylic acids is 1. The van der Waals surface area contributed by atoms with Crippen LogP contribution in [0.25, 0.3) is 11.1 Å².